The Hall–Kier alpha value is -1.04. The first kappa shape index (κ1) is 18.0. The van der Waals surface area contributed by atoms with E-state index < -0.39 is 0 Å². The summed E-state index contributed by atoms with van der Waals surface area (Å²) in [6.07, 6.45) is 7.64. The highest BCUT2D eigenvalue weighted by molar-refractivity contribution is 14.0. The summed E-state index contributed by atoms with van der Waals surface area (Å²) >= 11 is 0. The molecule has 21 heavy (non-hydrogen) atoms. The van der Waals surface area contributed by atoms with Crippen molar-refractivity contribution in [3.8, 4) is 0 Å². The molecule has 1 aromatic carbocycles. The summed E-state index contributed by atoms with van der Waals surface area (Å²) in [4.78, 5) is 4.66. The van der Waals surface area contributed by atoms with Gasteiger partial charge in [-0.1, -0.05) is 42.0 Å². The van der Waals surface area contributed by atoms with Crippen molar-refractivity contribution in [1.29, 1.82) is 0 Å². The van der Waals surface area contributed by atoms with Crippen LogP contribution in [0.1, 0.15) is 30.9 Å². The Morgan fingerprint density at radius 1 is 1.19 bits per heavy atom. The normalized spacial score (nSPS) is 14.9. The van der Waals surface area contributed by atoms with Crippen LogP contribution in [0.4, 0.5) is 0 Å². The van der Waals surface area contributed by atoms with E-state index in [2.05, 4.69) is 65.9 Å². The van der Waals surface area contributed by atoms with E-state index >= 15 is 0 Å². The zero-order valence-electron chi connectivity index (χ0n) is 12.9. The minimum absolute atomic E-state index is 0. The summed E-state index contributed by atoms with van der Waals surface area (Å²) in [7, 11) is 0. The van der Waals surface area contributed by atoms with E-state index in [1.54, 1.807) is 0 Å². The zero-order chi connectivity index (χ0) is 14.2. The third kappa shape index (κ3) is 6.50. The van der Waals surface area contributed by atoms with Gasteiger partial charge in [0, 0.05) is 19.1 Å². The van der Waals surface area contributed by atoms with Gasteiger partial charge in [0.25, 0.3) is 0 Å². The van der Waals surface area contributed by atoms with E-state index in [9.17, 15) is 0 Å². The van der Waals surface area contributed by atoms with Gasteiger partial charge < -0.3 is 10.6 Å². The number of aliphatic imine (C=N–C) groups is 1. The Bertz CT molecular complexity index is 457. The summed E-state index contributed by atoms with van der Waals surface area (Å²) in [6.45, 7) is 5.93. The average Bonchev–Trinajstić information content (AvgIpc) is 2.94. The minimum atomic E-state index is 0. The molecule has 3 nitrogen and oxygen atoms in total. The van der Waals surface area contributed by atoms with Crippen molar-refractivity contribution in [1.82, 2.24) is 10.6 Å². The molecule has 0 saturated heterocycles. The molecule has 1 aromatic rings. The van der Waals surface area contributed by atoms with Crippen molar-refractivity contribution in [2.75, 3.05) is 13.1 Å². The van der Waals surface area contributed by atoms with Crippen molar-refractivity contribution in [3.63, 3.8) is 0 Å². The summed E-state index contributed by atoms with van der Waals surface area (Å²) in [5.41, 5.74) is 2.65. The molecule has 0 radical (unpaired) electrons. The van der Waals surface area contributed by atoms with Crippen LogP contribution in [0.5, 0.6) is 0 Å². The van der Waals surface area contributed by atoms with Crippen molar-refractivity contribution >= 4 is 29.9 Å². The number of benzene rings is 1. The third-order valence-corrected chi connectivity index (χ3v) is 3.48. The number of nitrogens with zero attached hydrogens (tertiary/aromatic N) is 1. The first-order valence-electron chi connectivity index (χ1n) is 7.53. The molecule has 0 fully saturated rings. The quantitative estimate of drug-likeness (QED) is 0.345. The number of hydrogen-bond donors (Lipinski definition) is 2. The standard InChI is InChI=1S/C17H25N3.HI/c1-3-18-17(20-16-6-4-5-7-16)19-13-12-15-10-8-14(2)9-11-15;/h4-5,8-11,16H,3,6-7,12-13H2,1-2H3,(H2,18,19,20);1H. The lowest BCUT2D eigenvalue weighted by atomic mass is 10.1. The van der Waals surface area contributed by atoms with Crippen LogP contribution >= 0.6 is 24.0 Å². The van der Waals surface area contributed by atoms with Crippen LogP contribution < -0.4 is 10.6 Å². The highest BCUT2D eigenvalue weighted by atomic mass is 127. The molecule has 0 unspecified atom stereocenters. The van der Waals surface area contributed by atoms with E-state index in [1.165, 1.54) is 11.1 Å². The van der Waals surface area contributed by atoms with Gasteiger partial charge in [-0.25, -0.2) is 0 Å². The molecule has 0 spiro atoms. The SMILES string of the molecule is CCNC(=NCCc1ccc(C)cc1)NC1CC=CC1.I. The maximum Gasteiger partial charge on any atom is 0.191 e. The van der Waals surface area contributed by atoms with E-state index in [1.807, 2.05) is 0 Å². The largest absolute Gasteiger partial charge is 0.357 e. The van der Waals surface area contributed by atoms with E-state index in [0.29, 0.717) is 6.04 Å². The smallest absolute Gasteiger partial charge is 0.191 e. The van der Waals surface area contributed by atoms with Gasteiger partial charge in [-0.2, -0.15) is 0 Å². The van der Waals surface area contributed by atoms with Crippen LogP contribution in [0.3, 0.4) is 0 Å². The molecular weight excluding hydrogens is 373 g/mol. The molecule has 1 aliphatic carbocycles. The fourth-order valence-electron chi connectivity index (χ4n) is 2.30. The Morgan fingerprint density at radius 2 is 1.86 bits per heavy atom. The first-order chi connectivity index (χ1) is 9.78. The summed E-state index contributed by atoms with van der Waals surface area (Å²) in [5.74, 6) is 0.938. The third-order valence-electron chi connectivity index (χ3n) is 3.48. The number of nitrogens with one attached hydrogen (secondary N) is 2. The fraction of sp³-hybridized carbons (Fsp3) is 0.471. The maximum atomic E-state index is 4.66. The van der Waals surface area contributed by atoms with E-state index in [4.69, 9.17) is 0 Å². The topological polar surface area (TPSA) is 36.4 Å². The van der Waals surface area contributed by atoms with Crippen LogP contribution in [0, 0.1) is 6.92 Å². The van der Waals surface area contributed by atoms with E-state index in [-0.39, 0.29) is 24.0 Å². The Balaban J connectivity index is 0.00000220. The second kappa shape index (κ2) is 9.82. The van der Waals surface area contributed by atoms with E-state index in [0.717, 1.165) is 38.3 Å². The Morgan fingerprint density at radius 3 is 2.48 bits per heavy atom. The van der Waals surface area contributed by atoms with Gasteiger partial charge in [-0.05, 0) is 38.7 Å². The van der Waals surface area contributed by atoms with Crippen LogP contribution in [0.2, 0.25) is 0 Å². The average molecular weight is 399 g/mol. The van der Waals surface area contributed by atoms with Crippen molar-refractivity contribution in [3.05, 3.63) is 47.5 Å². The predicted molar refractivity (Wildman–Crippen MR) is 102 cm³/mol. The second-order valence-corrected chi connectivity index (χ2v) is 5.28. The molecule has 0 aromatic heterocycles. The van der Waals surface area contributed by atoms with Crippen LogP contribution in [-0.4, -0.2) is 25.1 Å². The van der Waals surface area contributed by atoms with Crippen LogP contribution in [0.15, 0.2) is 41.4 Å². The molecule has 0 heterocycles. The molecule has 2 N–H and O–H groups in total. The molecule has 4 heteroatoms. The number of halogens is 1. The van der Waals surface area contributed by atoms with Crippen molar-refractivity contribution in [2.45, 2.75) is 39.2 Å². The fourth-order valence-corrected chi connectivity index (χ4v) is 2.30. The number of rotatable bonds is 5. The lowest BCUT2D eigenvalue weighted by molar-refractivity contribution is 0.633. The number of guanidine groups is 1. The number of aryl methyl sites for hydroxylation is 1. The Kier molecular flexibility index (Phi) is 8.42. The van der Waals surface area contributed by atoms with Gasteiger partial charge >= 0.3 is 0 Å². The molecule has 0 aliphatic heterocycles. The van der Waals surface area contributed by atoms with Gasteiger partial charge in [-0.3, -0.25) is 4.99 Å². The molecule has 0 bridgehead atoms. The summed E-state index contributed by atoms with van der Waals surface area (Å²) in [5, 5.41) is 6.80. The molecular formula is C17H26IN3. The van der Waals surface area contributed by atoms with Gasteiger partial charge in [0.2, 0.25) is 0 Å². The maximum absolute atomic E-state index is 4.66. The monoisotopic (exact) mass is 399 g/mol. The minimum Gasteiger partial charge on any atom is -0.357 e. The van der Waals surface area contributed by atoms with Gasteiger partial charge in [0.1, 0.15) is 0 Å². The summed E-state index contributed by atoms with van der Waals surface area (Å²) < 4.78 is 0. The molecule has 1 aliphatic rings. The van der Waals surface area contributed by atoms with Crippen molar-refractivity contribution in [2.24, 2.45) is 4.99 Å². The number of hydrogen-bond acceptors (Lipinski definition) is 1. The van der Waals surface area contributed by atoms with Gasteiger partial charge in [0.05, 0.1) is 0 Å². The first-order valence-corrected chi connectivity index (χ1v) is 7.53. The Labute approximate surface area is 145 Å². The van der Waals surface area contributed by atoms with Crippen LogP contribution in [0.25, 0.3) is 0 Å². The zero-order valence-corrected chi connectivity index (χ0v) is 15.3. The lowest BCUT2D eigenvalue weighted by Crippen LogP contribution is -2.42. The molecule has 0 atom stereocenters. The molecule has 116 valence electrons. The molecule has 0 amide bonds. The predicted octanol–water partition coefficient (Wildman–Crippen LogP) is 3.43. The lowest BCUT2D eigenvalue weighted by Gasteiger charge is -2.16. The van der Waals surface area contributed by atoms with Crippen LogP contribution in [-0.2, 0) is 6.42 Å². The molecule has 2 rings (SSSR count). The van der Waals surface area contributed by atoms with Gasteiger partial charge in [-0.15, -0.1) is 24.0 Å². The highest BCUT2D eigenvalue weighted by Gasteiger charge is 2.11. The second-order valence-electron chi connectivity index (χ2n) is 5.28. The van der Waals surface area contributed by atoms with Gasteiger partial charge in [0.15, 0.2) is 5.96 Å². The highest BCUT2D eigenvalue weighted by Crippen LogP contribution is 2.08. The van der Waals surface area contributed by atoms with Crippen molar-refractivity contribution < 1.29 is 0 Å². The summed E-state index contributed by atoms with van der Waals surface area (Å²) in [6, 6.07) is 9.20. The molecule has 0 saturated carbocycles.